The van der Waals surface area contributed by atoms with E-state index in [-0.39, 0.29) is 0 Å². The molecule has 9 heteroatoms. The van der Waals surface area contributed by atoms with Crippen molar-refractivity contribution in [2.45, 2.75) is 19.8 Å². The molecule has 0 saturated heterocycles. The second-order valence-corrected chi connectivity index (χ2v) is 9.70. The minimum Gasteiger partial charge on any atom is -0.462 e. The number of hydrogen-bond donors (Lipinski definition) is 1. The molecule has 3 rings (SSSR count). The summed E-state index contributed by atoms with van der Waals surface area (Å²) in [5.74, 6) is 0.226. The van der Waals surface area contributed by atoms with E-state index < -0.39 is 28.4 Å². The average molecular weight is 497 g/mol. The molecule has 0 fully saturated rings. The zero-order valence-electron chi connectivity index (χ0n) is 19.6. The first-order valence-corrected chi connectivity index (χ1v) is 13.0. The summed E-state index contributed by atoms with van der Waals surface area (Å²) in [6.45, 7) is 1.94. The van der Waals surface area contributed by atoms with Gasteiger partial charge in [0.05, 0.1) is 24.1 Å². The van der Waals surface area contributed by atoms with Crippen molar-refractivity contribution in [2.24, 2.45) is 0 Å². The highest BCUT2D eigenvalue weighted by Crippen LogP contribution is 2.25. The Morgan fingerprint density at radius 1 is 0.886 bits per heavy atom. The minimum absolute atomic E-state index is 0.327. The third-order valence-corrected chi connectivity index (χ3v) is 6.07. The fraction of sp³-hybridized carbons (Fsp3) is 0.231. The molecule has 1 amide bonds. The first-order chi connectivity index (χ1) is 16.8. The number of amides is 1. The molecule has 3 aromatic rings. The largest absolute Gasteiger partial charge is 0.462 e. The molecular formula is C26H28N2O6S. The van der Waals surface area contributed by atoms with Crippen LogP contribution in [0.25, 0.3) is 0 Å². The van der Waals surface area contributed by atoms with Gasteiger partial charge in [0.1, 0.15) is 18.0 Å². The predicted molar refractivity (Wildman–Crippen MR) is 135 cm³/mol. The van der Waals surface area contributed by atoms with Crippen LogP contribution in [0, 0.1) is 0 Å². The van der Waals surface area contributed by atoms with Crippen LogP contribution in [0.4, 0.5) is 11.4 Å². The highest BCUT2D eigenvalue weighted by Gasteiger charge is 2.21. The molecule has 8 nitrogen and oxygen atoms in total. The maximum atomic E-state index is 12.6. The molecule has 0 saturated carbocycles. The van der Waals surface area contributed by atoms with Crippen molar-refractivity contribution >= 4 is 33.3 Å². The fourth-order valence-corrected chi connectivity index (χ4v) is 3.97. The zero-order chi connectivity index (χ0) is 25.3. The lowest BCUT2D eigenvalue weighted by Gasteiger charge is -2.22. The van der Waals surface area contributed by atoms with Crippen molar-refractivity contribution in [2.75, 3.05) is 29.0 Å². The van der Waals surface area contributed by atoms with Crippen LogP contribution in [0.15, 0.2) is 78.9 Å². The number of carbonyl (C=O) groups excluding carboxylic acids is 2. The van der Waals surface area contributed by atoms with Crippen LogP contribution in [0.2, 0.25) is 0 Å². The Balaban J connectivity index is 1.63. The molecular weight excluding hydrogens is 468 g/mol. The molecule has 184 valence electrons. The molecule has 3 aromatic carbocycles. The number of anilines is 2. The van der Waals surface area contributed by atoms with Crippen molar-refractivity contribution < 1.29 is 27.5 Å². The van der Waals surface area contributed by atoms with Gasteiger partial charge in [-0.2, -0.15) is 0 Å². The van der Waals surface area contributed by atoms with Gasteiger partial charge in [-0.05, 0) is 67.1 Å². The van der Waals surface area contributed by atoms with E-state index in [1.807, 2.05) is 37.3 Å². The van der Waals surface area contributed by atoms with Gasteiger partial charge in [0.25, 0.3) is 0 Å². The molecule has 0 aliphatic carbocycles. The van der Waals surface area contributed by atoms with E-state index in [0.29, 0.717) is 35.0 Å². The summed E-state index contributed by atoms with van der Waals surface area (Å²) in [6.07, 6.45) is 2.75. The number of nitrogens with one attached hydrogen (secondary N) is 1. The van der Waals surface area contributed by atoms with E-state index in [0.717, 1.165) is 23.4 Å². The van der Waals surface area contributed by atoms with E-state index in [1.54, 1.807) is 48.5 Å². The first kappa shape index (κ1) is 25.8. The highest BCUT2D eigenvalue weighted by atomic mass is 32.2. The quantitative estimate of drug-likeness (QED) is 0.301. The molecule has 0 aliphatic heterocycles. The van der Waals surface area contributed by atoms with Gasteiger partial charge in [0.15, 0.2) is 0 Å². The number of unbranched alkanes of at least 4 members (excludes halogenated alkanes) is 1. The fourth-order valence-electron chi connectivity index (χ4n) is 3.12. The predicted octanol–water partition coefficient (Wildman–Crippen LogP) is 4.84. The minimum atomic E-state index is -3.74. The van der Waals surface area contributed by atoms with Crippen LogP contribution >= 0.6 is 0 Å². The molecule has 0 bridgehead atoms. The van der Waals surface area contributed by atoms with Gasteiger partial charge >= 0.3 is 5.97 Å². The summed E-state index contributed by atoms with van der Waals surface area (Å²) < 4.78 is 36.7. The molecule has 0 atom stereocenters. The van der Waals surface area contributed by atoms with Crippen LogP contribution in [-0.4, -0.2) is 39.7 Å². The smallest absolute Gasteiger partial charge is 0.338 e. The van der Waals surface area contributed by atoms with Crippen molar-refractivity contribution in [3.05, 3.63) is 84.4 Å². The number of para-hydroxylation sites is 1. The van der Waals surface area contributed by atoms with Crippen molar-refractivity contribution in [1.29, 1.82) is 0 Å². The van der Waals surface area contributed by atoms with Gasteiger partial charge < -0.3 is 14.8 Å². The Morgan fingerprint density at radius 3 is 2.11 bits per heavy atom. The molecule has 35 heavy (non-hydrogen) atoms. The number of nitrogens with zero attached hydrogens (tertiary/aromatic N) is 1. The zero-order valence-corrected chi connectivity index (χ0v) is 20.5. The Bertz CT molecular complexity index is 1230. The second-order valence-electron chi connectivity index (χ2n) is 7.79. The van der Waals surface area contributed by atoms with E-state index in [2.05, 4.69) is 5.32 Å². The third kappa shape index (κ3) is 7.86. The third-order valence-electron chi connectivity index (χ3n) is 4.93. The van der Waals surface area contributed by atoms with E-state index in [4.69, 9.17) is 9.47 Å². The average Bonchev–Trinajstić information content (AvgIpc) is 2.84. The standard InChI is InChI=1S/C26H28N2O6S/c1-3-4-18-33-26(30)20-10-12-21(13-11-20)27-25(29)19-28(35(2,31)32)22-14-16-24(17-15-22)34-23-8-6-5-7-9-23/h5-17H,3-4,18-19H2,1-2H3,(H,27,29). The van der Waals surface area contributed by atoms with Crippen LogP contribution in [0.1, 0.15) is 30.1 Å². The maximum Gasteiger partial charge on any atom is 0.338 e. The Kier molecular flexibility index (Phi) is 8.86. The molecule has 1 N–H and O–H groups in total. The topological polar surface area (TPSA) is 102 Å². The summed E-state index contributed by atoms with van der Waals surface area (Å²) >= 11 is 0. The number of sulfonamides is 1. The molecule has 0 unspecified atom stereocenters. The van der Waals surface area contributed by atoms with Gasteiger partial charge in [0, 0.05) is 5.69 Å². The maximum absolute atomic E-state index is 12.6. The summed E-state index contributed by atoms with van der Waals surface area (Å²) in [5, 5.41) is 2.65. The van der Waals surface area contributed by atoms with Crippen molar-refractivity contribution in [3.63, 3.8) is 0 Å². The SMILES string of the molecule is CCCCOC(=O)c1ccc(NC(=O)CN(c2ccc(Oc3ccccc3)cc2)S(C)(=O)=O)cc1. The number of rotatable bonds is 11. The van der Waals surface area contributed by atoms with E-state index >= 15 is 0 Å². The van der Waals surface area contributed by atoms with Crippen LogP contribution in [0.5, 0.6) is 11.5 Å². The number of carbonyl (C=O) groups is 2. The first-order valence-electron chi connectivity index (χ1n) is 11.1. The summed E-state index contributed by atoms with van der Waals surface area (Å²) in [7, 11) is -3.74. The Labute approximate surface area is 205 Å². The lowest BCUT2D eigenvalue weighted by atomic mass is 10.2. The number of hydrogen-bond acceptors (Lipinski definition) is 6. The highest BCUT2D eigenvalue weighted by molar-refractivity contribution is 7.92. The number of benzene rings is 3. The number of ether oxygens (including phenoxy) is 2. The lowest BCUT2D eigenvalue weighted by Crippen LogP contribution is -2.37. The second kappa shape index (κ2) is 12.0. The molecule has 0 aliphatic rings. The van der Waals surface area contributed by atoms with Crippen LogP contribution in [0.3, 0.4) is 0 Å². The van der Waals surface area contributed by atoms with E-state index in [1.165, 1.54) is 0 Å². The van der Waals surface area contributed by atoms with Crippen LogP contribution < -0.4 is 14.4 Å². The van der Waals surface area contributed by atoms with Crippen LogP contribution in [-0.2, 0) is 19.6 Å². The van der Waals surface area contributed by atoms with Crippen molar-refractivity contribution in [1.82, 2.24) is 0 Å². The summed E-state index contributed by atoms with van der Waals surface area (Å²) in [5.41, 5.74) is 1.13. The van der Waals surface area contributed by atoms with E-state index in [9.17, 15) is 18.0 Å². The summed E-state index contributed by atoms with van der Waals surface area (Å²) in [6, 6.07) is 21.8. The van der Waals surface area contributed by atoms with Crippen molar-refractivity contribution in [3.8, 4) is 11.5 Å². The van der Waals surface area contributed by atoms with Gasteiger partial charge in [-0.3, -0.25) is 9.10 Å². The molecule has 0 radical (unpaired) electrons. The molecule has 0 heterocycles. The lowest BCUT2D eigenvalue weighted by molar-refractivity contribution is -0.114. The summed E-state index contributed by atoms with van der Waals surface area (Å²) in [4.78, 5) is 24.6. The normalized spacial score (nSPS) is 10.9. The Hall–Kier alpha value is -3.85. The van der Waals surface area contributed by atoms with Gasteiger partial charge in [0.2, 0.25) is 15.9 Å². The van der Waals surface area contributed by atoms with Gasteiger partial charge in [-0.25, -0.2) is 13.2 Å². The van der Waals surface area contributed by atoms with Gasteiger partial charge in [-0.1, -0.05) is 31.5 Å². The monoisotopic (exact) mass is 496 g/mol. The molecule has 0 aromatic heterocycles. The number of esters is 1. The molecule has 0 spiro atoms. The Morgan fingerprint density at radius 2 is 1.51 bits per heavy atom. The van der Waals surface area contributed by atoms with Gasteiger partial charge in [-0.15, -0.1) is 0 Å².